The number of aromatic amines is 1. The van der Waals surface area contributed by atoms with Crippen molar-refractivity contribution in [3.8, 4) is 11.4 Å². The second-order valence-electron chi connectivity index (χ2n) is 10.2. The predicted molar refractivity (Wildman–Crippen MR) is 136 cm³/mol. The van der Waals surface area contributed by atoms with E-state index < -0.39 is 0 Å². The molecular formula is C27H32N6O. The highest BCUT2D eigenvalue weighted by Gasteiger charge is 2.21. The average Bonchev–Trinajstić information content (AvgIpc) is 3.21. The van der Waals surface area contributed by atoms with Gasteiger partial charge in [0.2, 0.25) is 5.95 Å². The van der Waals surface area contributed by atoms with Crippen LogP contribution in [0.4, 0.5) is 5.95 Å². The maximum atomic E-state index is 12.1. The second-order valence-corrected chi connectivity index (χ2v) is 10.2. The molecule has 34 heavy (non-hydrogen) atoms. The molecule has 176 valence electrons. The zero-order chi connectivity index (χ0) is 23.7. The van der Waals surface area contributed by atoms with Crippen molar-refractivity contribution in [3.63, 3.8) is 0 Å². The zero-order valence-electron chi connectivity index (χ0n) is 20.1. The molecule has 0 radical (unpaired) electrons. The van der Waals surface area contributed by atoms with Crippen LogP contribution in [0.5, 0.6) is 0 Å². The van der Waals surface area contributed by atoms with Gasteiger partial charge < -0.3 is 5.32 Å². The molecule has 2 aromatic heterocycles. The molecule has 5 rings (SSSR count). The Morgan fingerprint density at radius 1 is 1.00 bits per heavy atom. The number of nitrogens with one attached hydrogen (secondary N) is 2. The van der Waals surface area contributed by atoms with Crippen LogP contribution in [0.3, 0.4) is 0 Å². The summed E-state index contributed by atoms with van der Waals surface area (Å²) in [5, 5.41) is 6.41. The maximum absolute atomic E-state index is 12.1. The van der Waals surface area contributed by atoms with Crippen LogP contribution >= 0.6 is 0 Å². The minimum Gasteiger partial charge on any atom is -0.351 e. The summed E-state index contributed by atoms with van der Waals surface area (Å²) in [5.74, 6) is 1.24. The monoisotopic (exact) mass is 456 g/mol. The van der Waals surface area contributed by atoms with Crippen LogP contribution in [-0.4, -0.2) is 43.6 Å². The number of aromatic nitrogens is 4. The van der Waals surface area contributed by atoms with Gasteiger partial charge in [-0.1, -0.05) is 75.4 Å². The van der Waals surface area contributed by atoms with E-state index in [1.807, 2.05) is 0 Å². The van der Waals surface area contributed by atoms with Crippen molar-refractivity contribution in [2.45, 2.75) is 51.6 Å². The molecule has 2 N–H and O–H groups in total. The lowest BCUT2D eigenvalue weighted by molar-refractivity contribution is 0.211. The summed E-state index contributed by atoms with van der Waals surface area (Å²) in [6.07, 6.45) is 2.03. The van der Waals surface area contributed by atoms with E-state index in [9.17, 15) is 4.79 Å². The molecule has 7 nitrogen and oxygen atoms in total. The summed E-state index contributed by atoms with van der Waals surface area (Å²) in [6, 6.07) is 20.8. The lowest BCUT2D eigenvalue weighted by Gasteiger charge is -2.32. The summed E-state index contributed by atoms with van der Waals surface area (Å²) in [6.45, 7) is 9.61. The van der Waals surface area contributed by atoms with Crippen molar-refractivity contribution < 1.29 is 0 Å². The fourth-order valence-corrected chi connectivity index (χ4v) is 4.51. The number of nitrogens with zero attached hydrogens (tertiary/aromatic N) is 4. The number of rotatable bonds is 5. The first-order valence-electron chi connectivity index (χ1n) is 12.0. The maximum Gasteiger partial charge on any atom is 0.266 e. The number of piperidine rings is 1. The molecule has 0 bridgehead atoms. The highest BCUT2D eigenvalue weighted by Crippen LogP contribution is 2.26. The Bertz CT molecular complexity index is 1310. The smallest absolute Gasteiger partial charge is 0.266 e. The molecule has 3 heterocycles. The number of benzene rings is 2. The Hall–Kier alpha value is -3.45. The van der Waals surface area contributed by atoms with Gasteiger partial charge in [-0.3, -0.25) is 14.8 Å². The van der Waals surface area contributed by atoms with Crippen LogP contribution in [0.1, 0.15) is 44.7 Å². The SMILES string of the molecule is CC(C)(C)c1ccc(-c2nc(NC3CCN(Cc4ccccc4)CC3)n3[nH]c(=O)cc3n2)cc1. The standard InChI is InChI=1S/C27H32N6O/c1-27(2,3)21-11-9-20(10-12-21)25-29-23-17-24(34)31-33(23)26(30-25)28-22-13-15-32(16-14-22)18-19-7-5-4-6-8-19/h4-12,17,22H,13-16,18H2,1-3H3,(H,31,34)(H,28,29,30). The third kappa shape index (κ3) is 4.89. The van der Waals surface area contributed by atoms with Crippen molar-refractivity contribution >= 4 is 11.6 Å². The third-order valence-electron chi connectivity index (χ3n) is 6.53. The summed E-state index contributed by atoms with van der Waals surface area (Å²) in [5.41, 5.74) is 4.01. The number of H-pyrrole nitrogens is 1. The molecule has 0 atom stereocenters. The fourth-order valence-electron chi connectivity index (χ4n) is 4.51. The molecule has 0 spiro atoms. The van der Waals surface area contributed by atoms with Gasteiger partial charge >= 0.3 is 0 Å². The van der Waals surface area contributed by atoms with E-state index in [0.29, 0.717) is 17.4 Å². The number of anilines is 1. The summed E-state index contributed by atoms with van der Waals surface area (Å²) < 4.78 is 1.66. The van der Waals surface area contributed by atoms with E-state index in [1.54, 1.807) is 4.52 Å². The molecule has 2 aromatic carbocycles. The molecule has 4 aromatic rings. The first-order valence-corrected chi connectivity index (χ1v) is 12.0. The minimum atomic E-state index is -0.185. The van der Waals surface area contributed by atoms with Crippen molar-refractivity contribution in [3.05, 3.63) is 82.1 Å². The van der Waals surface area contributed by atoms with Gasteiger partial charge in [-0.25, -0.2) is 9.50 Å². The van der Waals surface area contributed by atoms with Gasteiger partial charge in [-0.15, -0.1) is 0 Å². The Morgan fingerprint density at radius 2 is 1.71 bits per heavy atom. The molecule has 1 saturated heterocycles. The van der Waals surface area contributed by atoms with Gasteiger partial charge in [0.1, 0.15) is 0 Å². The minimum absolute atomic E-state index is 0.0827. The highest BCUT2D eigenvalue weighted by molar-refractivity contribution is 5.61. The molecule has 0 amide bonds. The van der Waals surface area contributed by atoms with Crippen LogP contribution in [0.2, 0.25) is 0 Å². The van der Waals surface area contributed by atoms with Crippen LogP contribution in [0, 0.1) is 0 Å². The van der Waals surface area contributed by atoms with Gasteiger partial charge in [0.05, 0.1) is 0 Å². The largest absolute Gasteiger partial charge is 0.351 e. The molecule has 1 fully saturated rings. The van der Waals surface area contributed by atoms with Gasteiger partial charge in [0, 0.05) is 37.3 Å². The van der Waals surface area contributed by atoms with E-state index in [2.05, 4.69) is 95.7 Å². The average molecular weight is 457 g/mol. The first-order chi connectivity index (χ1) is 16.3. The Balaban J connectivity index is 1.34. The second kappa shape index (κ2) is 9.06. The fraction of sp³-hybridized carbons (Fsp3) is 0.370. The predicted octanol–water partition coefficient (Wildman–Crippen LogP) is 4.46. The summed E-state index contributed by atoms with van der Waals surface area (Å²) in [7, 11) is 0. The van der Waals surface area contributed by atoms with Crippen LogP contribution in [-0.2, 0) is 12.0 Å². The van der Waals surface area contributed by atoms with E-state index in [0.717, 1.165) is 38.0 Å². The Kier molecular flexibility index (Phi) is 5.96. The van der Waals surface area contributed by atoms with Gasteiger partial charge in [-0.05, 0) is 29.4 Å². The normalized spacial score (nSPS) is 15.6. The highest BCUT2D eigenvalue weighted by atomic mass is 16.1. The molecule has 7 heteroatoms. The lowest BCUT2D eigenvalue weighted by atomic mass is 9.87. The van der Waals surface area contributed by atoms with Crippen molar-refractivity contribution in [2.75, 3.05) is 18.4 Å². The van der Waals surface area contributed by atoms with Crippen LogP contribution in [0.25, 0.3) is 17.0 Å². The number of hydrogen-bond acceptors (Lipinski definition) is 5. The molecule has 1 aliphatic heterocycles. The Labute approximate surface area is 199 Å². The molecule has 0 saturated carbocycles. The van der Waals surface area contributed by atoms with Crippen LogP contribution < -0.4 is 10.9 Å². The van der Waals surface area contributed by atoms with Crippen molar-refractivity contribution in [2.24, 2.45) is 0 Å². The van der Waals surface area contributed by atoms with Crippen LogP contribution in [0.15, 0.2) is 65.5 Å². The van der Waals surface area contributed by atoms with E-state index in [4.69, 9.17) is 4.98 Å². The quantitative estimate of drug-likeness (QED) is 0.464. The third-order valence-corrected chi connectivity index (χ3v) is 6.53. The van der Waals surface area contributed by atoms with Gasteiger partial charge in [0.15, 0.2) is 11.5 Å². The molecule has 0 unspecified atom stereocenters. The van der Waals surface area contributed by atoms with Gasteiger partial charge in [0.25, 0.3) is 5.56 Å². The lowest BCUT2D eigenvalue weighted by Crippen LogP contribution is -2.39. The molecule has 0 aliphatic carbocycles. The topological polar surface area (TPSA) is 78.3 Å². The van der Waals surface area contributed by atoms with E-state index in [1.165, 1.54) is 17.2 Å². The number of fused-ring (bicyclic) bond motifs is 1. The number of likely N-dealkylation sites (tertiary alicyclic amines) is 1. The van der Waals surface area contributed by atoms with Crippen molar-refractivity contribution in [1.82, 2.24) is 24.5 Å². The first kappa shape index (κ1) is 22.3. The van der Waals surface area contributed by atoms with Crippen molar-refractivity contribution in [1.29, 1.82) is 0 Å². The summed E-state index contributed by atoms with van der Waals surface area (Å²) in [4.78, 5) is 24.0. The van der Waals surface area contributed by atoms with E-state index in [-0.39, 0.29) is 17.0 Å². The molecular weight excluding hydrogens is 424 g/mol. The summed E-state index contributed by atoms with van der Waals surface area (Å²) >= 11 is 0. The zero-order valence-corrected chi connectivity index (χ0v) is 20.1. The Morgan fingerprint density at radius 3 is 2.38 bits per heavy atom. The van der Waals surface area contributed by atoms with Gasteiger partial charge in [-0.2, -0.15) is 4.98 Å². The number of hydrogen-bond donors (Lipinski definition) is 2. The van der Waals surface area contributed by atoms with E-state index >= 15 is 0 Å². The molecule has 1 aliphatic rings.